The van der Waals surface area contributed by atoms with Crippen molar-refractivity contribution < 1.29 is 23.9 Å². The van der Waals surface area contributed by atoms with E-state index in [4.69, 9.17) is 9.47 Å². The van der Waals surface area contributed by atoms with E-state index in [-0.39, 0.29) is 25.3 Å². The van der Waals surface area contributed by atoms with Gasteiger partial charge in [-0.05, 0) is 11.6 Å². The fraction of sp³-hybridized carbons (Fsp3) is 0.304. The standard InChI is InChI=1S/C23H25N3O5/c1-30-20-10-6-5-9-18(20)15-24-21(27)16-31-23(29)12-11-22(28)26-14-13-19(25-26)17-7-3-2-4-8-17/h2-10H,11-16H2,1H3,(H,24,27). The molecular weight excluding hydrogens is 398 g/mol. The van der Waals surface area contributed by atoms with Crippen LogP contribution in [0, 0.1) is 0 Å². The first-order valence-electron chi connectivity index (χ1n) is 10.0. The molecule has 8 heteroatoms. The molecule has 31 heavy (non-hydrogen) atoms. The van der Waals surface area contributed by atoms with Crippen molar-refractivity contribution in [1.29, 1.82) is 0 Å². The number of hydrogen-bond acceptors (Lipinski definition) is 6. The molecule has 0 fully saturated rings. The van der Waals surface area contributed by atoms with Gasteiger partial charge in [0.1, 0.15) is 5.75 Å². The molecule has 2 amide bonds. The Balaban J connectivity index is 1.37. The number of para-hydroxylation sites is 1. The molecule has 0 unspecified atom stereocenters. The highest BCUT2D eigenvalue weighted by molar-refractivity contribution is 6.02. The summed E-state index contributed by atoms with van der Waals surface area (Å²) in [6.45, 7) is 0.348. The van der Waals surface area contributed by atoms with Crippen LogP contribution in [-0.2, 0) is 25.7 Å². The second kappa shape index (κ2) is 10.9. The van der Waals surface area contributed by atoms with Crippen molar-refractivity contribution in [1.82, 2.24) is 10.3 Å². The average molecular weight is 423 g/mol. The summed E-state index contributed by atoms with van der Waals surface area (Å²) in [4.78, 5) is 36.1. The lowest BCUT2D eigenvalue weighted by Crippen LogP contribution is -2.29. The number of esters is 1. The first kappa shape index (κ1) is 22.0. The number of hydrogen-bond donors (Lipinski definition) is 1. The van der Waals surface area contributed by atoms with Crippen LogP contribution in [-0.4, -0.2) is 48.8 Å². The van der Waals surface area contributed by atoms with Crippen molar-refractivity contribution >= 4 is 23.5 Å². The highest BCUT2D eigenvalue weighted by Gasteiger charge is 2.22. The zero-order chi connectivity index (χ0) is 22.1. The topological polar surface area (TPSA) is 97.3 Å². The van der Waals surface area contributed by atoms with Gasteiger partial charge >= 0.3 is 5.97 Å². The number of rotatable bonds is 9. The van der Waals surface area contributed by atoms with Gasteiger partial charge in [-0.2, -0.15) is 5.10 Å². The van der Waals surface area contributed by atoms with Crippen LogP contribution >= 0.6 is 0 Å². The molecule has 162 valence electrons. The van der Waals surface area contributed by atoms with Gasteiger partial charge in [-0.25, -0.2) is 5.01 Å². The molecule has 3 rings (SSSR count). The smallest absolute Gasteiger partial charge is 0.306 e. The number of benzene rings is 2. The zero-order valence-corrected chi connectivity index (χ0v) is 17.4. The monoisotopic (exact) mass is 423 g/mol. The van der Waals surface area contributed by atoms with Crippen LogP contribution in [0.25, 0.3) is 0 Å². The molecule has 0 spiro atoms. The SMILES string of the molecule is COc1ccccc1CNC(=O)COC(=O)CCC(=O)N1CCC(c2ccccc2)=N1. The highest BCUT2D eigenvalue weighted by Crippen LogP contribution is 2.17. The molecule has 0 saturated heterocycles. The summed E-state index contributed by atoms with van der Waals surface area (Å²) in [5, 5.41) is 8.41. The van der Waals surface area contributed by atoms with E-state index >= 15 is 0 Å². The Morgan fingerprint density at radius 1 is 1.03 bits per heavy atom. The van der Waals surface area contributed by atoms with Crippen LogP contribution in [0.3, 0.4) is 0 Å². The third-order valence-corrected chi connectivity index (χ3v) is 4.77. The van der Waals surface area contributed by atoms with Gasteiger partial charge in [0, 0.05) is 24.9 Å². The Kier molecular flexibility index (Phi) is 7.75. The summed E-state index contributed by atoms with van der Waals surface area (Å²) in [5.41, 5.74) is 2.65. The lowest BCUT2D eigenvalue weighted by atomic mass is 10.1. The fourth-order valence-electron chi connectivity index (χ4n) is 3.12. The predicted molar refractivity (Wildman–Crippen MR) is 114 cm³/mol. The van der Waals surface area contributed by atoms with E-state index in [1.54, 1.807) is 13.2 Å². The third kappa shape index (κ3) is 6.40. The molecule has 1 aliphatic heterocycles. The van der Waals surface area contributed by atoms with Crippen molar-refractivity contribution in [2.24, 2.45) is 5.10 Å². The molecule has 0 aromatic heterocycles. The Morgan fingerprint density at radius 2 is 1.77 bits per heavy atom. The summed E-state index contributed by atoms with van der Waals surface area (Å²) in [5.74, 6) is -0.615. The van der Waals surface area contributed by atoms with Crippen molar-refractivity contribution in [3.8, 4) is 5.75 Å². The molecule has 1 aliphatic rings. The van der Waals surface area contributed by atoms with Crippen LogP contribution < -0.4 is 10.1 Å². The predicted octanol–water partition coefficient (Wildman–Crippen LogP) is 2.27. The first-order valence-corrected chi connectivity index (χ1v) is 10.0. The Morgan fingerprint density at radius 3 is 2.55 bits per heavy atom. The van der Waals surface area contributed by atoms with E-state index in [1.807, 2.05) is 48.5 Å². The molecule has 0 atom stereocenters. The van der Waals surface area contributed by atoms with Gasteiger partial charge in [0.15, 0.2) is 6.61 Å². The van der Waals surface area contributed by atoms with Gasteiger partial charge in [0.25, 0.3) is 5.91 Å². The van der Waals surface area contributed by atoms with Crippen LogP contribution in [0.15, 0.2) is 59.7 Å². The summed E-state index contributed by atoms with van der Waals surface area (Å²) in [6.07, 6.45) is 0.547. The number of nitrogens with zero attached hydrogens (tertiary/aromatic N) is 2. The van der Waals surface area contributed by atoms with Crippen molar-refractivity contribution in [3.05, 3.63) is 65.7 Å². The van der Waals surface area contributed by atoms with Crippen molar-refractivity contribution in [2.75, 3.05) is 20.3 Å². The summed E-state index contributed by atoms with van der Waals surface area (Å²) < 4.78 is 10.2. The third-order valence-electron chi connectivity index (χ3n) is 4.77. The van der Waals surface area contributed by atoms with E-state index in [2.05, 4.69) is 10.4 Å². The molecule has 0 aliphatic carbocycles. The second-order valence-electron chi connectivity index (χ2n) is 6.93. The van der Waals surface area contributed by atoms with Gasteiger partial charge in [0.2, 0.25) is 5.91 Å². The molecule has 2 aromatic rings. The fourth-order valence-corrected chi connectivity index (χ4v) is 3.12. The van der Waals surface area contributed by atoms with Crippen molar-refractivity contribution in [2.45, 2.75) is 25.8 Å². The van der Waals surface area contributed by atoms with E-state index < -0.39 is 18.5 Å². The van der Waals surface area contributed by atoms with Crippen molar-refractivity contribution in [3.63, 3.8) is 0 Å². The maximum atomic E-state index is 12.3. The number of carbonyl (C=O) groups is 3. The van der Waals surface area contributed by atoms with Gasteiger partial charge in [-0.15, -0.1) is 0 Å². The average Bonchev–Trinajstić information content (AvgIpc) is 3.31. The first-order chi connectivity index (χ1) is 15.1. The number of amides is 2. The minimum atomic E-state index is -0.604. The minimum Gasteiger partial charge on any atom is -0.496 e. The molecule has 1 heterocycles. The number of methoxy groups -OCH3 is 1. The lowest BCUT2D eigenvalue weighted by molar-refractivity contribution is -0.150. The van der Waals surface area contributed by atoms with Crippen LogP contribution in [0.5, 0.6) is 5.75 Å². The quantitative estimate of drug-likeness (QED) is 0.624. The van der Waals surface area contributed by atoms with Gasteiger partial charge in [-0.1, -0.05) is 48.5 Å². The lowest BCUT2D eigenvalue weighted by Gasteiger charge is -2.11. The summed E-state index contributed by atoms with van der Waals surface area (Å²) in [6, 6.07) is 17.0. The molecule has 0 radical (unpaired) electrons. The Hall–Kier alpha value is -3.68. The van der Waals surface area contributed by atoms with E-state index in [0.29, 0.717) is 18.7 Å². The normalized spacial score (nSPS) is 12.8. The van der Waals surface area contributed by atoms with E-state index in [0.717, 1.165) is 16.8 Å². The number of carbonyl (C=O) groups excluding carboxylic acids is 3. The highest BCUT2D eigenvalue weighted by atomic mass is 16.5. The number of nitrogens with one attached hydrogen (secondary N) is 1. The second-order valence-corrected chi connectivity index (χ2v) is 6.93. The summed E-state index contributed by atoms with van der Waals surface area (Å²) in [7, 11) is 1.56. The zero-order valence-electron chi connectivity index (χ0n) is 17.4. The molecule has 0 bridgehead atoms. The largest absolute Gasteiger partial charge is 0.496 e. The molecule has 2 aromatic carbocycles. The van der Waals surface area contributed by atoms with Gasteiger partial charge in [-0.3, -0.25) is 14.4 Å². The maximum Gasteiger partial charge on any atom is 0.306 e. The minimum absolute atomic E-state index is 0.0206. The molecule has 1 N–H and O–H groups in total. The van der Waals surface area contributed by atoms with Crippen LogP contribution in [0.4, 0.5) is 0 Å². The van der Waals surface area contributed by atoms with Crippen LogP contribution in [0.1, 0.15) is 30.4 Å². The van der Waals surface area contributed by atoms with Gasteiger partial charge in [0.05, 0.1) is 25.8 Å². The van der Waals surface area contributed by atoms with Gasteiger partial charge < -0.3 is 14.8 Å². The number of ether oxygens (including phenoxy) is 2. The maximum absolute atomic E-state index is 12.3. The summed E-state index contributed by atoms with van der Waals surface area (Å²) >= 11 is 0. The Bertz CT molecular complexity index is 959. The van der Waals surface area contributed by atoms with E-state index in [1.165, 1.54) is 5.01 Å². The Labute approximate surface area is 180 Å². The molecule has 0 saturated carbocycles. The number of hydrazone groups is 1. The molecular formula is C23H25N3O5. The van der Waals surface area contributed by atoms with E-state index in [9.17, 15) is 14.4 Å². The molecule has 8 nitrogen and oxygen atoms in total. The van der Waals surface area contributed by atoms with Crippen LogP contribution in [0.2, 0.25) is 0 Å².